The molecule has 0 bridgehead atoms. The first kappa shape index (κ1) is 83.6. The molecule has 2 aromatic carbocycles. The van der Waals surface area contributed by atoms with Crippen LogP contribution >= 0.6 is 31.9 Å². The van der Waals surface area contributed by atoms with E-state index in [2.05, 4.69) is 63.2 Å². The lowest BCUT2D eigenvalue weighted by Crippen LogP contribution is -2.47. The number of cyclic esters (lactones) is 1. The topological polar surface area (TPSA) is 429 Å². The lowest BCUT2D eigenvalue weighted by molar-refractivity contribution is -0.175. The van der Waals surface area contributed by atoms with E-state index >= 15 is 0 Å². The smallest absolute Gasteiger partial charge is 0.457 e. The van der Waals surface area contributed by atoms with Crippen molar-refractivity contribution in [2.75, 3.05) is 164 Å². The minimum absolute atomic E-state index is 0.0762. The van der Waals surface area contributed by atoms with Gasteiger partial charge in [-0.1, -0.05) is 19.1 Å². The highest BCUT2D eigenvalue weighted by Gasteiger charge is 2.51. The number of aliphatic imine (C=N–C) groups is 1. The molecule has 2 atom stereocenters. The molecule has 0 spiro atoms. The van der Waals surface area contributed by atoms with Crippen molar-refractivity contribution in [1.29, 1.82) is 0 Å². The number of nitrogens with one attached hydrogen (secondary N) is 4. The number of carbonyl (C=O) groups is 8. The second-order valence-electron chi connectivity index (χ2n) is 25.4. The van der Waals surface area contributed by atoms with Crippen molar-refractivity contribution in [1.82, 2.24) is 30.4 Å². The van der Waals surface area contributed by atoms with Crippen molar-refractivity contribution < 1.29 is 105 Å². The summed E-state index contributed by atoms with van der Waals surface area (Å²) in [6, 6.07) is 12.6. The van der Waals surface area contributed by atoms with Crippen LogP contribution in [0.25, 0.3) is 22.3 Å². The number of esters is 1. The van der Waals surface area contributed by atoms with Crippen molar-refractivity contribution in [3.8, 4) is 22.9 Å². The quantitative estimate of drug-likeness (QED) is 0.00808. The van der Waals surface area contributed by atoms with Gasteiger partial charge in [-0.05, 0) is 132 Å². The fourth-order valence-corrected chi connectivity index (χ4v) is 13.0. The zero-order valence-electron chi connectivity index (χ0n) is 60.2. The number of hydrazone groups is 1. The molecule has 1 aliphatic carbocycles. The summed E-state index contributed by atoms with van der Waals surface area (Å²) < 4.78 is 79.5. The number of unbranched alkanes of at least 4 members (excludes halogenated alkanes) is 1. The molecule has 0 radical (unpaired) electrons. The van der Waals surface area contributed by atoms with E-state index in [4.69, 9.17) is 82.9 Å². The first-order chi connectivity index (χ1) is 52.5. The highest BCUT2D eigenvalue weighted by atomic mass is 79.9. The third-order valence-electron chi connectivity index (χ3n) is 18.0. The van der Waals surface area contributed by atoms with Gasteiger partial charge in [0.1, 0.15) is 41.4 Å². The number of hydrogen-bond donors (Lipinski definition) is 6. The summed E-state index contributed by atoms with van der Waals surface area (Å²) in [6.45, 7) is 7.78. The fourth-order valence-electron chi connectivity index (χ4n) is 12.2. The number of fused-ring (bicyclic) bond motifs is 6. The van der Waals surface area contributed by atoms with E-state index in [9.17, 15) is 43.2 Å². The molecule has 9 rings (SSSR count). The van der Waals surface area contributed by atoms with Gasteiger partial charge in [0.25, 0.3) is 17.4 Å². The number of rotatable bonds is 48. The number of imide groups is 1. The molecule has 4 aromatic rings. The number of benzene rings is 2. The van der Waals surface area contributed by atoms with Crippen molar-refractivity contribution >= 4 is 108 Å². The van der Waals surface area contributed by atoms with Gasteiger partial charge in [-0.15, -0.1) is 0 Å². The average Bonchev–Trinajstić information content (AvgIpc) is 1.49. The normalized spacial score (nSPS) is 17.6. The minimum atomic E-state index is -2.00. The molecule has 6 heterocycles. The first-order valence-corrected chi connectivity index (χ1v) is 37.4. The molecular formula is C72H93Br2N11O23. The molecule has 0 saturated heterocycles. The van der Waals surface area contributed by atoms with Crippen molar-refractivity contribution in [3.05, 3.63) is 90.1 Å². The Labute approximate surface area is 639 Å². The molecule has 8 N–H and O–H groups in total. The Morgan fingerprint density at radius 1 is 0.722 bits per heavy atom. The maximum Gasteiger partial charge on any atom is 0.510 e. The van der Waals surface area contributed by atoms with Crippen LogP contribution in [0.3, 0.4) is 0 Å². The third kappa shape index (κ3) is 24.3. The lowest BCUT2D eigenvalue weighted by Gasteiger charge is -2.35. The van der Waals surface area contributed by atoms with E-state index in [-0.39, 0.29) is 109 Å². The Hall–Kier alpha value is -8.40. The summed E-state index contributed by atoms with van der Waals surface area (Å²) in [5, 5.41) is 15.5. The van der Waals surface area contributed by atoms with Gasteiger partial charge in [0.15, 0.2) is 11.5 Å². The number of halogens is 2. The van der Waals surface area contributed by atoms with Crippen molar-refractivity contribution in [2.45, 2.75) is 89.7 Å². The van der Waals surface area contributed by atoms with Gasteiger partial charge >= 0.3 is 12.1 Å². The Balaban J connectivity index is 0.523. The van der Waals surface area contributed by atoms with Crippen LogP contribution in [0.1, 0.15) is 80.5 Å². The number of amides is 6. The van der Waals surface area contributed by atoms with Crippen LogP contribution in [-0.4, -0.2) is 238 Å². The van der Waals surface area contributed by atoms with E-state index in [1.807, 2.05) is 12.1 Å². The van der Waals surface area contributed by atoms with Crippen LogP contribution in [0.5, 0.6) is 11.5 Å². The number of nitrogens with two attached hydrogens (primary N) is 2. The number of hydrogen-bond acceptors (Lipinski definition) is 28. The van der Waals surface area contributed by atoms with Gasteiger partial charge < -0.3 is 104 Å². The highest BCUT2D eigenvalue weighted by Crippen LogP contribution is 2.43. The predicted molar refractivity (Wildman–Crippen MR) is 395 cm³/mol. The number of nitrogens with zero attached hydrogens (tertiary/aromatic N) is 5. The second-order valence-corrected chi connectivity index (χ2v) is 27.0. The van der Waals surface area contributed by atoms with E-state index in [0.717, 1.165) is 23.8 Å². The summed E-state index contributed by atoms with van der Waals surface area (Å²) in [4.78, 5) is 128. The minimum Gasteiger partial charge on any atom is -0.457 e. The molecule has 5 aliphatic rings. The van der Waals surface area contributed by atoms with Crippen molar-refractivity contribution in [2.24, 2.45) is 33.5 Å². The molecular weight excluding hydrogens is 1550 g/mol. The SMILES string of the molecule is CC[C@@]1(OC(=O)OCc2ccc(NC(=O)[C@H](CCCCN)NC(=O)COCC(=O)NCCOCCOCCOCCOCCOCCOCCOCCOCCN=CC(CNC(=O)C3CCC(CN4C(=O)C(Br)=C(Br)C4=O)CC3)=NN)cc2)C(=O)OCc2c1cc1n(c2=O)Cc2cc3cc4c(cc3nc2-1)OCO4. The number of ether oxygens (including phenoxy) is 14. The Morgan fingerprint density at radius 2 is 1.32 bits per heavy atom. The summed E-state index contributed by atoms with van der Waals surface area (Å²) in [6.07, 6.45) is 4.41. The lowest BCUT2D eigenvalue weighted by atomic mass is 9.81. The van der Waals surface area contributed by atoms with Gasteiger partial charge in [-0.2, -0.15) is 5.10 Å². The summed E-state index contributed by atoms with van der Waals surface area (Å²) in [7, 11) is 0. The average molecular weight is 1640 g/mol. The molecule has 36 heteroatoms. The second kappa shape index (κ2) is 43.7. The molecule has 108 heavy (non-hydrogen) atoms. The molecule has 0 unspecified atom stereocenters. The highest BCUT2D eigenvalue weighted by molar-refractivity contribution is 9.14. The molecule has 6 amide bonds. The van der Waals surface area contributed by atoms with E-state index < -0.39 is 60.3 Å². The molecule has 4 aliphatic heterocycles. The maximum absolute atomic E-state index is 14.0. The van der Waals surface area contributed by atoms with Gasteiger partial charge in [0.05, 0.1) is 154 Å². The largest absolute Gasteiger partial charge is 0.510 e. The van der Waals surface area contributed by atoms with Gasteiger partial charge in [0.2, 0.25) is 36.0 Å². The first-order valence-electron chi connectivity index (χ1n) is 35.9. The van der Waals surface area contributed by atoms with Crippen LogP contribution in [0.15, 0.2) is 72.4 Å². The number of carbonyl (C=O) groups excluding carboxylic acids is 8. The number of pyridine rings is 2. The summed E-state index contributed by atoms with van der Waals surface area (Å²) >= 11 is 6.31. The van der Waals surface area contributed by atoms with Crippen LogP contribution < -0.4 is 47.9 Å². The maximum atomic E-state index is 14.0. The molecule has 2 aromatic heterocycles. The fraction of sp³-hybridized carbons (Fsp3) is 0.556. The Morgan fingerprint density at radius 3 is 1.94 bits per heavy atom. The zero-order valence-corrected chi connectivity index (χ0v) is 63.4. The standard InChI is InChI=1S/C72H93Br2N11O23/c1-2-72(54-35-57-64-50(40-84(57)67(90)53(54)42-104-70(72)93)33-49-34-58-59(107-45-106-58)36-56(49)82-64)108-71(94)105-41-47-8-12-51(13-9-47)80-66(89)55(5-3-4-14-75)81-61(87)44-103-43-60(86)78-16-18-96-20-22-98-24-26-100-28-30-102-32-31-101-29-27-99-25-23-97-21-19-95-17-15-77-37-52(83-76)38-79-65(88)48-10-6-46(7-11-48)39-85-68(91)62(73)63(74)69(85)92/h8-9,12-13,33-37,46,48,55H,2-7,10-11,14-32,38-45,75-76H2,1H3,(H,78,86)(H,79,88)(H,80,89)(H,81,87)/t46?,48?,55-,72-/m0/s1. The monoisotopic (exact) mass is 1640 g/mol. The third-order valence-corrected chi connectivity index (χ3v) is 20.0. The molecule has 1 saturated carbocycles. The predicted octanol–water partition coefficient (Wildman–Crippen LogP) is 3.67. The number of aromatic nitrogens is 2. The Bertz CT molecular complexity index is 3890. The molecule has 1 fully saturated rings. The van der Waals surface area contributed by atoms with Crippen LogP contribution in [0, 0.1) is 11.8 Å². The van der Waals surface area contributed by atoms with E-state index in [1.165, 1.54) is 11.1 Å². The van der Waals surface area contributed by atoms with Gasteiger partial charge in [0, 0.05) is 53.5 Å². The van der Waals surface area contributed by atoms with Crippen LogP contribution in [-0.2, 0) is 116 Å². The van der Waals surface area contributed by atoms with E-state index in [0.29, 0.717) is 190 Å². The molecule has 34 nitrogen and oxygen atoms in total. The Kier molecular flexibility index (Phi) is 33.8. The molecule has 588 valence electrons. The van der Waals surface area contributed by atoms with Gasteiger partial charge in [-0.25, -0.2) is 14.6 Å². The van der Waals surface area contributed by atoms with Crippen LogP contribution in [0.2, 0.25) is 0 Å². The van der Waals surface area contributed by atoms with Gasteiger partial charge in [-0.3, -0.25) is 43.5 Å². The summed E-state index contributed by atoms with van der Waals surface area (Å²) in [5.41, 5.74) is 7.31. The number of anilines is 1. The van der Waals surface area contributed by atoms with Crippen LogP contribution in [0.4, 0.5) is 10.5 Å². The zero-order chi connectivity index (χ0) is 76.6. The van der Waals surface area contributed by atoms with E-state index in [1.54, 1.807) is 47.9 Å². The summed E-state index contributed by atoms with van der Waals surface area (Å²) in [5.74, 6) is 3.37. The van der Waals surface area contributed by atoms with Crippen molar-refractivity contribution in [3.63, 3.8) is 0 Å².